The van der Waals surface area contributed by atoms with E-state index in [0.717, 1.165) is 32.4 Å². The van der Waals surface area contributed by atoms with Crippen molar-refractivity contribution in [3.05, 3.63) is 35.4 Å². The Hall–Kier alpha value is -1.88. The fraction of sp³-hybridized carbons (Fsp3) is 0.579. The van der Waals surface area contributed by atoms with Crippen molar-refractivity contribution >= 4 is 11.8 Å². The van der Waals surface area contributed by atoms with Crippen LogP contribution in [0.1, 0.15) is 36.3 Å². The summed E-state index contributed by atoms with van der Waals surface area (Å²) in [5.41, 5.74) is 2.54. The molecule has 2 unspecified atom stereocenters. The summed E-state index contributed by atoms with van der Waals surface area (Å²) in [7, 11) is 1.66. The highest BCUT2D eigenvalue weighted by molar-refractivity contribution is 5.83. The number of likely N-dealkylation sites (tertiary alicyclic amines) is 1. The van der Waals surface area contributed by atoms with Crippen LogP contribution in [0.25, 0.3) is 0 Å². The van der Waals surface area contributed by atoms with Crippen molar-refractivity contribution < 1.29 is 9.59 Å². The number of amides is 2. The Balaban J connectivity index is 1.43. The Kier molecular flexibility index (Phi) is 5.19. The molecule has 1 aliphatic heterocycles. The normalized spacial score (nSPS) is 24.4. The Morgan fingerprint density at radius 3 is 2.67 bits per heavy atom. The van der Waals surface area contributed by atoms with Gasteiger partial charge in [0.2, 0.25) is 11.8 Å². The van der Waals surface area contributed by atoms with Gasteiger partial charge in [-0.05, 0) is 37.7 Å². The van der Waals surface area contributed by atoms with Gasteiger partial charge in [0, 0.05) is 32.1 Å². The van der Waals surface area contributed by atoms with Gasteiger partial charge in [0.1, 0.15) is 0 Å². The largest absolute Gasteiger partial charge is 0.358 e. The lowest BCUT2D eigenvalue weighted by Crippen LogP contribution is -2.47. The molecule has 5 nitrogen and oxygen atoms in total. The monoisotopic (exact) mass is 329 g/mol. The third-order valence-corrected chi connectivity index (χ3v) is 5.18. The molecule has 24 heavy (non-hydrogen) atoms. The number of carbonyl (C=O) groups is 2. The lowest BCUT2D eigenvalue weighted by atomic mass is 10.0. The molecule has 2 amide bonds. The first kappa shape index (κ1) is 17.0. The second-order valence-electron chi connectivity index (χ2n) is 7.10. The van der Waals surface area contributed by atoms with Crippen LogP contribution in [0.3, 0.4) is 0 Å². The molecule has 3 rings (SSSR count). The number of rotatable bonds is 5. The summed E-state index contributed by atoms with van der Waals surface area (Å²) in [5.74, 6) is 0.775. The van der Waals surface area contributed by atoms with Gasteiger partial charge in [0.05, 0.1) is 6.54 Å². The van der Waals surface area contributed by atoms with Gasteiger partial charge in [0.25, 0.3) is 0 Å². The van der Waals surface area contributed by atoms with Crippen LogP contribution in [0, 0.1) is 12.8 Å². The molecule has 1 aliphatic carbocycles. The number of aryl methyl sites for hydroxylation is 1. The maximum Gasteiger partial charge on any atom is 0.233 e. The zero-order valence-corrected chi connectivity index (χ0v) is 14.5. The molecule has 5 heteroatoms. The van der Waals surface area contributed by atoms with Gasteiger partial charge < -0.3 is 10.6 Å². The molecule has 2 aliphatic rings. The summed E-state index contributed by atoms with van der Waals surface area (Å²) in [6, 6.07) is 8.72. The lowest BCUT2D eigenvalue weighted by Gasteiger charge is -2.31. The van der Waals surface area contributed by atoms with Gasteiger partial charge in [-0.25, -0.2) is 0 Å². The third kappa shape index (κ3) is 4.15. The topological polar surface area (TPSA) is 61.4 Å². The Morgan fingerprint density at radius 2 is 2.00 bits per heavy atom. The van der Waals surface area contributed by atoms with Crippen LogP contribution in [0.4, 0.5) is 0 Å². The summed E-state index contributed by atoms with van der Waals surface area (Å²) in [6.07, 6.45) is 2.81. The first-order chi connectivity index (χ1) is 11.6. The van der Waals surface area contributed by atoms with E-state index in [2.05, 4.69) is 46.7 Å². The molecule has 0 bridgehead atoms. The lowest BCUT2D eigenvalue weighted by molar-refractivity contribution is -0.124. The Morgan fingerprint density at radius 1 is 1.25 bits per heavy atom. The van der Waals surface area contributed by atoms with E-state index >= 15 is 0 Å². The maximum absolute atomic E-state index is 12.5. The highest BCUT2D eigenvalue weighted by atomic mass is 16.2. The van der Waals surface area contributed by atoms with Gasteiger partial charge in [-0.3, -0.25) is 14.5 Å². The molecule has 1 aromatic rings. The summed E-state index contributed by atoms with van der Waals surface area (Å²) in [5, 5.41) is 5.87. The standard InChI is InChI=1S/C19H27N3O2/c1-13-4-3-5-14(10-13)16-11-17(16)19(24)21-15-6-8-22(9-7-15)12-18(23)20-2/h3-5,10,15-17H,6-9,11-12H2,1-2H3,(H,20,23)(H,21,24). The minimum absolute atomic E-state index is 0.0523. The Bertz CT molecular complexity index is 608. The second-order valence-corrected chi connectivity index (χ2v) is 7.10. The molecular weight excluding hydrogens is 302 g/mol. The third-order valence-electron chi connectivity index (χ3n) is 5.18. The molecule has 1 saturated heterocycles. The average molecular weight is 329 g/mol. The second kappa shape index (κ2) is 7.34. The zero-order chi connectivity index (χ0) is 17.1. The molecule has 2 N–H and O–H groups in total. The first-order valence-corrected chi connectivity index (χ1v) is 8.86. The van der Waals surface area contributed by atoms with Crippen molar-refractivity contribution in [2.24, 2.45) is 5.92 Å². The van der Waals surface area contributed by atoms with Crippen LogP contribution in [-0.4, -0.2) is 49.4 Å². The molecule has 0 spiro atoms. The van der Waals surface area contributed by atoms with Gasteiger partial charge >= 0.3 is 0 Å². The molecule has 0 aromatic heterocycles. The van der Waals surface area contributed by atoms with Gasteiger partial charge in [-0.1, -0.05) is 29.8 Å². The molecule has 1 saturated carbocycles. The first-order valence-electron chi connectivity index (χ1n) is 8.86. The van der Waals surface area contributed by atoms with Crippen molar-refractivity contribution in [1.82, 2.24) is 15.5 Å². The molecule has 0 radical (unpaired) electrons. The van der Waals surface area contributed by atoms with E-state index in [-0.39, 0.29) is 23.8 Å². The van der Waals surface area contributed by atoms with Crippen molar-refractivity contribution in [1.29, 1.82) is 0 Å². The number of nitrogens with one attached hydrogen (secondary N) is 2. The average Bonchev–Trinajstić information content (AvgIpc) is 3.37. The number of hydrogen-bond donors (Lipinski definition) is 2. The van der Waals surface area contributed by atoms with E-state index in [1.807, 2.05) is 0 Å². The number of nitrogens with zero attached hydrogens (tertiary/aromatic N) is 1. The Labute approximate surface area is 143 Å². The van der Waals surface area contributed by atoms with Crippen LogP contribution in [-0.2, 0) is 9.59 Å². The van der Waals surface area contributed by atoms with Crippen LogP contribution in [0.2, 0.25) is 0 Å². The molecule has 2 fully saturated rings. The highest BCUT2D eigenvalue weighted by Gasteiger charge is 2.44. The van der Waals surface area contributed by atoms with Crippen LogP contribution in [0.15, 0.2) is 24.3 Å². The molecular formula is C19H27N3O2. The minimum atomic E-state index is 0.0523. The maximum atomic E-state index is 12.5. The number of benzene rings is 1. The van der Waals surface area contributed by atoms with Gasteiger partial charge in [0.15, 0.2) is 0 Å². The van der Waals surface area contributed by atoms with Crippen molar-refractivity contribution in [3.8, 4) is 0 Å². The van der Waals surface area contributed by atoms with Crippen molar-refractivity contribution in [3.63, 3.8) is 0 Å². The minimum Gasteiger partial charge on any atom is -0.358 e. The van der Waals surface area contributed by atoms with Gasteiger partial charge in [-0.15, -0.1) is 0 Å². The van der Waals surface area contributed by atoms with E-state index in [9.17, 15) is 9.59 Å². The zero-order valence-electron chi connectivity index (χ0n) is 14.5. The summed E-state index contributed by atoms with van der Waals surface area (Å²) >= 11 is 0. The SMILES string of the molecule is CNC(=O)CN1CCC(NC(=O)C2CC2c2cccc(C)c2)CC1. The molecule has 2 atom stereocenters. The van der Waals surface area contributed by atoms with E-state index in [1.165, 1.54) is 11.1 Å². The number of piperidine rings is 1. The summed E-state index contributed by atoms with van der Waals surface area (Å²) in [6.45, 7) is 4.28. The van der Waals surface area contributed by atoms with E-state index in [1.54, 1.807) is 7.05 Å². The number of hydrogen-bond acceptors (Lipinski definition) is 3. The predicted molar refractivity (Wildman–Crippen MR) is 93.7 cm³/mol. The summed E-state index contributed by atoms with van der Waals surface area (Å²) < 4.78 is 0. The van der Waals surface area contributed by atoms with Crippen LogP contribution in [0.5, 0.6) is 0 Å². The summed E-state index contributed by atoms with van der Waals surface area (Å²) in [4.78, 5) is 26.0. The van der Waals surface area contributed by atoms with E-state index in [0.29, 0.717) is 12.5 Å². The molecule has 1 heterocycles. The van der Waals surface area contributed by atoms with E-state index in [4.69, 9.17) is 0 Å². The fourth-order valence-corrected chi connectivity index (χ4v) is 3.58. The van der Waals surface area contributed by atoms with Crippen molar-refractivity contribution in [2.45, 2.75) is 38.1 Å². The quantitative estimate of drug-likeness (QED) is 0.859. The highest BCUT2D eigenvalue weighted by Crippen LogP contribution is 2.47. The van der Waals surface area contributed by atoms with Crippen molar-refractivity contribution in [2.75, 3.05) is 26.7 Å². The van der Waals surface area contributed by atoms with E-state index < -0.39 is 0 Å². The molecule has 1 aromatic carbocycles. The predicted octanol–water partition coefficient (Wildman–Crippen LogP) is 1.43. The number of likely N-dealkylation sites (N-methyl/N-ethyl adjacent to an activating group) is 1. The smallest absolute Gasteiger partial charge is 0.233 e. The van der Waals surface area contributed by atoms with Crippen LogP contribution >= 0.6 is 0 Å². The fourth-order valence-electron chi connectivity index (χ4n) is 3.58. The molecule has 130 valence electrons. The van der Waals surface area contributed by atoms with Gasteiger partial charge in [-0.2, -0.15) is 0 Å². The number of carbonyl (C=O) groups excluding carboxylic acids is 2. The van der Waals surface area contributed by atoms with Crippen LogP contribution < -0.4 is 10.6 Å².